The Labute approximate surface area is 243 Å². The second-order valence-electron chi connectivity index (χ2n) is 11.3. The molecule has 2 aromatic carbocycles. The number of carboxylic acid groups (broad SMARTS) is 1. The lowest BCUT2D eigenvalue weighted by Crippen LogP contribution is -2.47. The number of aromatic carboxylic acids is 1. The molecule has 41 heavy (non-hydrogen) atoms. The summed E-state index contributed by atoms with van der Waals surface area (Å²) < 4.78 is 17.3. The Hall–Kier alpha value is -3.89. The van der Waals surface area contributed by atoms with Gasteiger partial charge in [-0.3, -0.25) is 4.90 Å². The van der Waals surface area contributed by atoms with Crippen molar-refractivity contribution in [3.8, 4) is 11.1 Å². The van der Waals surface area contributed by atoms with Crippen molar-refractivity contribution in [2.75, 3.05) is 26.8 Å². The van der Waals surface area contributed by atoms with Gasteiger partial charge in [-0.2, -0.15) is 0 Å². The number of ether oxygens (including phenoxy) is 3. The summed E-state index contributed by atoms with van der Waals surface area (Å²) in [5.41, 5.74) is 3.94. The van der Waals surface area contributed by atoms with Gasteiger partial charge in [0, 0.05) is 29.8 Å². The highest BCUT2D eigenvalue weighted by atomic mass is 32.1. The molecule has 1 aliphatic heterocycles. The molecule has 10 heteroatoms. The number of fused-ring (bicyclic) bond motifs is 3. The Kier molecular flexibility index (Phi) is 8.06. The highest BCUT2D eigenvalue weighted by Gasteiger charge is 2.43. The SMILES string of the molecule is CO[C@H]1CN(C(=O)OC(C)(C)C)C[C@@H]1N(Cc1cc(C(=O)O)cs1)C(=O)OCC1c2ccccc2-c2ccccc21. The van der Waals surface area contributed by atoms with Gasteiger partial charge >= 0.3 is 18.2 Å². The van der Waals surface area contributed by atoms with Gasteiger partial charge in [0.1, 0.15) is 12.2 Å². The molecule has 0 unspecified atom stereocenters. The van der Waals surface area contributed by atoms with Gasteiger partial charge in [0.25, 0.3) is 0 Å². The van der Waals surface area contributed by atoms with E-state index in [4.69, 9.17) is 14.2 Å². The minimum atomic E-state index is -1.04. The number of likely N-dealkylation sites (tertiary alicyclic amines) is 1. The highest BCUT2D eigenvalue weighted by molar-refractivity contribution is 7.10. The van der Waals surface area contributed by atoms with Gasteiger partial charge in [0.05, 0.1) is 30.8 Å². The van der Waals surface area contributed by atoms with Crippen LogP contribution in [0.3, 0.4) is 0 Å². The molecule has 1 aromatic heterocycles. The number of carboxylic acids is 1. The molecule has 0 bridgehead atoms. The maximum atomic E-state index is 13.8. The number of benzene rings is 2. The van der Waals surface area contributed by atoms with Crippen molar-refractivity contribution in [2.45, 2.75) is 51.0 Å². The zero-order valence-corrected chi connectivity index (χ0v) is 24.3. The van der Waals surface area contributed by atoms with Gasteiger partial charge in [0.15, 0.2) is 0 Å². The number of nitrogens with zero attached hydrogens (tertiary/aromatic N) is 2. The van der Waals surface area contributed by atoms with Gasteiger partial charge in [0.2, 0.25) is 0 Å². The first-order valence-corrected chi connectivity index (χ1v) is 14.4. The lowest BCUT2D eigenvalue weighted by molar-refractivity contribution is 0.0238. The second-order valence-corrected chi connectivity index (χ2v) is 12.3. The van der Waals surface area contributed by atoms with Crippen molar-refractivity contribution in [1.82, 2.24) is 9.80 Å². The lowest BCUT2D eigenvalue weighted by Gasteiger charge is -2.31. The molecule has 2 heterocycles. The Morgan fingerprint density at radius 2 is 1.66 bits per heavy atom. The van der Waals surface area contributed by atoms with Gasteiger partial charge in [-0.05, 0) is 49.1 Å². The predicted molar refractivity (Wildman–Crippen MR) is 154 cm³/mol. The summed E-state index contributed by atoms with van der Waals surface area (Å²) in [5.74, 6) is -1.15. The van der Waals surface area contributed by atoms with Gasteiger partial charge in [-0.15, -0.1) is 11.3 Å². The zero-order valence-electron chi connectivity index (χ0n) is 23.5. The van der Waals surface area contributed by atoms with Crippen LogP contribution in [-0.4, -0.2) is 77.6 Å². The standard InChI is InChI=1S/C31H34N2O7S/c1-31(2,3)40-29(36)32-15-26(27(16-32)38-4)33(14-20-13-19(18-41-20)28(34)35)30(37)39-17-25-23-11-7-5-9-21(23)22-10-6-8-12-24(22)25/h5-13,18,25-27H,14-17H2,1-4H3,(H,34,35)/t26-,27-/m0/s1. The smallest absolute Gasteiger partial charge is 0.410 e. The fourth-order valence-electron chi connectivity index (χ4n) is 5.50. The minimum Gasteiger partial charge on any atom is -0.478 e. The van der Waals surface area contributed by atoms with Crippen LogP contribution >= 0.6 is 11.3 Å². The maximum absolute atomic E-state index is 13.8. The van der Waals surface area contributed by atoms with Crippen LogP contribution in [0.5, 0.6) is 0 Å². The van der Waals surface area contributed by atoms with Crippen LogP contribution in [0.15, 0.2) is 60.0 Å². The number of thiophene rings is 1. The van der Waals surface area contributed by atoms with E-state index >= 15 is 0 Å². The van der Waals surface area contributed by atoms with Crippen molar-refractivity contribution in [1.29, 1.82) is 0 Å². The summed E-state index contributed by atoms with van der Waals surface area (Å²) in [6.45, 7) is 6.07. The third kappa shape index (κ3) is 6.08. The number of amides is 2. The molecule has 5 rings (SSSR count). The molecule has 1 N–H and O–H groups in total. The second kappa shape index (κ2) is 11.5. The van der Waals surface area contributed by atoms with Crippen LogP contribution in [0.4, 0.5) is 9.59 Å². The molecule has 0 saturated carbocycles. The Morgan fingerprint density at radius 1 is 1.02 bits per heavy atom. The number of hydrogen-bond donors (Lipinski definition) is 1. The summed E-state index contributed by atoms with van der Waals surface area (Å²) in [6, 6.07) is 17.3. The molecule has 2 aliphatic rings. The van der Waals surface area contributed by atoms with E-state index in [2.05, 4.69) is 24.3 Å². The lowest BCUT2D eigenvalue weighted by atomic mass is 9.98. The third-order valence-corrected chi connectivity index (χ3v) is 8.31. The first-order chi connectivity index (χ1) is 19.6. The average molecular weight is 579 g/mol. The van der Waals surface area contributed by atoms with E-state index in [0.717, 1.165) is 22.3 Å². The van der Waals surface area contributed by atoms with E-state index in [-0.39, 0.29) is 37.7 Å². The van der Waals surface area contributed by atoms with E-state index in [0.29, 0.717) is 4.88 Å². The number of hydrogen-bond acceptors (Lipinski definition) is 7. The first kappa shape index (κ1) is 28.6. The van der Waals surface area contributed by atoms with Crippen LogP contribution in [0, 0.1) is 0 Å². The monoisotopic (exact) mass is 578 g/mol. The molecule has 9 nitrogen and oxygen atoms in total. The van der Waals surface area contributed by atoms with Crippen molar-refractivity contribution < 1.29 is 33.7 Å². The summed E-state index contributed by atoms with van der Waals surface area (Å²) in [7, 11) is 1.54. The Morgan fingerprint density at radius 3 is 2.22 bits per heavy atom. The molecule has 1 fully saturated rings. The summed E-state index contributed by atoms with van der Waals surface area (Å²) in [4.78, 5) is 42.0. The molecule has 1 saturated heterocycles. The topological polar surface area (TPSA) is 106 Å². The largest absolute Gasteiger partial charge is 0.478 e. The van der Waals surface area contributed by atoms with E-state index in [1.165, 1.54) is 16.2 Å². The zero-order chi connectivity index (χ0) is 29.3. The summed E-state index contributed by atoms with van der Waals surface area (Å²) >= 11 is 1.25. The van der Waals surface area contributed by atoms with E-state index in [1.807, 2.05) is 24.3 Å². The molecule has 3 aromatic rings. The van der Waals surface area contributed by atoms with E-state index < -0.39 is 35.9 Å². The summed E-state index contributed by atoms with van der Waals surface area (Å²) in [6.07, 6.45) is -1.53. The Bertz CT molecular complexity index is 1400. The van der Waals surface area contributed by atoms with E-state index in [1.54, 1.807) is 44.2 Å². The van der Waals surface area contributed by atoms with Gasteiger partial charge < -0.3 is 24.2 Å². The van der Waals surface area contributed by atoms with E-state index in [9.17, 15) is 19.5 Å². The molecule has 216 valence electrons. The predicted octanol–water partition coefficient (Wildman–Crippen LogP) is 5.83. The van der Waals surface area contributed by atoms with Crippen molar-refractivity contribution in [2.24, 2.45) is 0 Å². The quantitative estimate of drug-likeness (QED) is 0.376. The van der Waals surface area contributed by atoms with Crippen LogP contribution < -0.4 is 0 Å². The van der Waals surface area contributed by atoms with Crippen LogP contribution in [0.2, 0.25) is 0 Å². The molecule has 2 atom stereocenters. The average Bonchev–Trinajstić information content (AvgIpc) is 3.65. The van der Waals surface area contributed by atoms with Crippen LogP contribution in [0.1, 0.15) is 53.1 Å². The fourth-order valence-corrected chi connectivity index (χ4v) is 6.36. The molecular formula is C31H34N2O7S. The number of carbonyl (C=O) groups excluding carboxylic acids is 2. The van der Waals surface area contributed by atoms with Crippen molar-refractivity contribution in [3.05, 3.63) is 81.5 Å². The van der Waals surface area contributed by atoms with Gasteiger partial charge in [-0.1, -0.05) is 48.5 Å². The maximum Gasteiger partial charge on any atom is 0.410 e. The van der Waals surface area contributed by atoms with Crippen LogP contribution in [0.25, 0.3) is 11.1 Å². The fraction of sp³-hybridized carbons (Fsp3) is 0.387. The molecule has 2 amide bonds. The summed E-state index contributed by atoms with van der Waals surface area (Å²) in [5, 5.41) is 11.0. The van der Waals surface area contributed by atoms with Gasteiger partial charge in [-0.25, -0.2) is 14.4 Å². The first-order valence-electron chi connectivity index (χ1n) is 13.5. The molecule has 0 radical (unpaired) electrons. The van der Waals surface area contributed by atoms with Crippen molar-refractivity contribution in [3.63, 3.8) is 0 Å². The van der Waals surface area contributed by atoms with Crippen LogP contribution in [-0.2, 0) is 20.8 Å². The number of carbonyl (C=O) groups is 3. The number of methoxy groups -OCH3 is 1. The number of rotatable bonds is 7. The molecule has 1 aliphatic carbocycles. The van der Waals surface area contributed by atoms with Crippen molar-refractivity contribution >= 4 is 29.5 Å². The molecular weight excluding hydrogens is 544 g/mol. The minimum absolute atomic E-state index is 0.112. The Balaban J connectivity index is 1.39. The molecule has 0 spiro atoms. The normalized spacial score (nSPS) is 18.1. The third-order valence-electron chi connectivity index (χ3n) is 7.39. The highest BCUT2D eigenvalue weighted by Crippen LogP contribution is 2.44.